The predicted molar refractivity (Wildman–Crippen MR) is 85.7 cm³/mol. The van der Waals surface area contributed by atoms with Crippen LogP contribution < -0.4 is 10.2 Å². The van der Waals surface area contributed by atoms with Crippen molar-refractivity contribution in [1.29, 1.82) is 0 Å². The van der Waals surface area contributed by atoms with E-state index in [0.29, 0.717) is 22.9 Å². The van der Waals surface area contributed by atoms with Crippen LogP contribution in [0.25, 0.3) is 0 Å². The molecule has 0 atom stereocenters. The second-order valence-corrected chi connectivity index (χ2v) is 6.07. The Labute approximate surface area is 137 Å². The molecule has 1 saturated heterocycles. The maximum absolute atomic E-state index is 11.9. The van der Waals surface area contributed by atoms with Crippen molar-refractivity contribution in [2.45, 2.75) is 12.8 Å². The number of furan rings is 1. The maximum Gasteiger partial charge on any atom is 0.287 e. The van der Waals surface area contributed by atoms with Gasteiger partial charge in [-0.3, -0.25) is 4.79 Å². The Kier molecular flexibility index (Phi) is 4.72. The highest BCUT2D eigenvalue weighted by Gasteiger charge is 2.21. The van der Waals surface area contributed by atoms with Gasteiger partial charge in [0.25, 0.3) is 5.91 Å². The number of aromatic nitrogens is 2. The first-order chi connectivity index (χ1) is 10.7. The van der Waals surface area contributed by atoms with Crippen LogP contribution in [0, 0.1) is 5.92 Å². The minimum absolute atomic E-state index is 0.167. The fourth-order valence-corrected chi connectivity index (χ4v) is 2.86. The Balaban J connectivity index is 1.45. The summed E-state index contributed by atoms with van der Waals surface area (Å²) in [6.45, 7) is 2.49. The first-order valence-corrected chi connectivity index (χ1v) is 8.07. The summed E-state index contributed by atoms with van der Waals surface area (Å²) in [6, 6.07) is 5.20. The van der Waals surface area contributed by atoms with E-state index >= 15 is 0 Å². The summed E-state index contributed by atoms with van der Waals surface area (Å²) < 4.78 is 5.80. The molecule has 1 amide bonds. The van der Waals surface area contributed by atoms with Gasteiger partial charge in [0.2, 0.25) is 5.95 Å². The molecule has 6 nitrogen and oxygen atoms in total. The average molecular weight is 365 g/mol. The topological polar surface area (TPSA) is 71.3 Å². The molecule has 2 aromatic rings. The molecular weight excluding hydrogens is 348 g/mol. The van der Waals surface area contributed by atoms with Crippen LogP contribution in [0.5, 0.6) is 0 Å². The third kappa shape index (κ3) is 3.65. The van der Waals surface area contributed by atoms with Crippen molar-refractivity contribution in [1.82, 2.24) is 15.3 Å². The lowest BCUT2D eigenvalue weighted by molar-refractivity contribution is 0.0916. The van der Waals surface area contributed by atoms with E-state index in [9.17, 15) is 4.79 Å². The summed E-state index contributed by atoms with van der Waals surface area (Å²) in [5.74, 6) is 1.43. The van der Waals surface area contributed by atoms with Crippen molar-refractivity contribution in [3.8, 4) is 0 Å². The van der Waals surface area contributed by atoms with E-state index in [1.165, 1.54) is 0 Å². The summed E-state index contributed by atoms with van der Waals surface area (Å²) in [7, 11) is 0. The first-order valence-electron chi connectivity index (χ1n) is 7.28. The Morgan fingerprint density at radius 2 is 2.05 bits per heavy atom. The number of hydrogen-bond donors (Lipinski definition) is 1. The number of rotatable bonds is 4. The van der Waals surface area contributed by atoms with Gasteiger partial charge < -0.3 is 14.6 Å². The van der Waals surface area contributed by atoms with Crippen molar-refractivity contribution in [2.75, 3.05) is 24.5 Å². The van der Waals surface area contributed by atoms with Crippen LogP contribution in [-0.4, -0.2) is 35.5 Å². The highest BCUT2D eigenvalue weighted by atomic mass is 79.9. The molecule has 3 rings (SSSR count). The maximum atomic E-state index is 11.9. The molecule has 0 aromatic carbocycles. The highest BCUT2D eigenvalue weighted by Crippen LogP contribution is 2.20. The molecule has 7 heteroatoms. The standard InChI is InChI=1S/C15H17BrN4O2/c16-13-3-2-12(22-13)14(21)19-10-11-4-8-20(9-5-11)15-17-6-1-7-18-15/h1-3,6-7,11H,4-5,8-10H2,(H,19,21). The number of halogens is 1. The lowest BCUT2D eigenvalue weighted by Gasteiger charge is -2.31. The number of amides is 1. The van der Waals surface area contributed by atoms with Gasteiger partial charge in [0.05, 0.1) is 0 Å². The van der Waals surface area contributed by atoms with E-state index in [2.05, 4.69) is 36.1 Å². The van der Waals surface area contributed by atoms with Gasteiger partial charge in [0.15, 0.2) is 10.4 Å². The number of carbonyl (C=O) groups excluding carboxylic acids is 1. The van der Waals surface area contributed by atoms with E-state index in [-0.39, 0.29) is 5.91 Å². The van der Waals surface area contributed by atoms with E-state index < -0.39 is 0 Å². The highest BCUT2D eigenvalue weighted by molar-refractivity contribution is 9.10. The number of anilines is 1. The molecule has 0 unspecified atom stereocenters. The number of carbonyl (C=O) groups is 1. The summed E-state index contributed by atoms with van der Waals surface area (Å²) in [5, 5.41) is 2.93. The minimum Gasteiger partial charge on any atom is -0.444 e. The van der Waals surface area contributed by atoms with Crippen LogP contribution in [0.3, 0.4) is 0 Å². The zero-order valence-corrected chi connectivity index (χ0v) is 13.6. The van der Waals surface area contributed by atoms with Crippen LogP contribution in [-0.2, 0) is 0 Å². The minimum atomic E-state index is -0.167. The summed E-state index contributed by atoms with van der Waals surface area (Å²) in [5.41, 5.74) is 0. The van der Waals surface area contributed by atoms with Gasteiger partial charge in [-0.05, 0) is 52.9 Å². The molecule has 0 bridgehead atoms. The fraction of sp³-hybridized carbons (Fsp3) is 0.400. The molecule has 1 aliphatic heterocycles. The van der Waals surface area contributed by atoms with E-state index in [1.807, 2.05) is 6.07 Å². The Morgan fingerprint density at radius 1 is 1.32 bits per heavy atom. The van der Waals surface area contributed by atoms with Gasteiger partial charge in [-0.25, -0.2) is 9.97 Å². The molecule has 0 radical (unpaired) electrons. The molecular formula is C15H17BrN4O2. The molecule has 2 aromatic heterocycles. The third-order valence-corrected chi connectivity index (χ3v) is 4.22. The van der Waals surface area contributed by atoms with Crippen molar-refractivity contribution in [3.05, 3.63) is 41.0 Å². The molecule has 0 aliphatic carbocycles. The first kappa shape index (κ1) is 15.0. The molecule has 22 heavy (non-hydrogen) atoms. The molecule has 3 heterocycles. The van der Waals surface area contributed by atoms with Crippen LogP contribution in [0.1, 0.15) is 23.4 Å². The van der Waals surface area contributed by atoms with Gasteiger partial charge >= 0.3 is 0 Å². The van der Waals surface area contributed by atoms with Gasteiger partial charge in [-0.1, -0.05) is 0 Å². The zero-order valence-electron chi connectivity index (χ0n) is 12.0. The normalized spacial score (nSPS) is 15.8. The molecule has 0 saturated carbocycles. The van der Waals surface area contributed by atoms with Crippen molar-refractivity contribution in [2.24, 2.45) is 5.92 Å². The Bertz CT molecular complexity index is 623. The monoisotopic (exact) mass is 364 g/mol. The summed E-state index contributed by atoms with van der Waals surface area (Å²) >= 11 is 3.19. The van der Waals surface area contributed by atoms with Gasteiger partial charge in [0, 0.05) is 32.0 Å². The number of hydrogen-bond acceptors (Lipinski definition) is 5. The second kappa shape index (κ2) is 6.91. The van der Waals surface area contributed by atoms with Crippen LogP contribution in [0.2, 0.25) is 0 Å². The number of nitrogens with one attached hydrogen (secondary N) is 1. The lowest BCUT2D eigenvalue weighted by Crippen LogP contribution is -2.39. The smallest absolute Gasteiger partial charge is 0.287 e. The molecule has 1 fully saturated rings. The Hall–Kier alpha value is -1.89. The molecule has 116 valence electrons. The zero-order chi connectivity index (χ0) is 15.4. The van der Waals surface area contributed by atoms with E-state index in [4.69, 9.17) is 4.42 Å². The van der Waals surface area contributed by atoms with Crippen LogP contribution in [0.15, 0.2) is 39.7 Å². The van der Waals surface area contributed by atoms with Crippen LogP contribution >= 0.6 is 15.9 Å². The third-order valence-electron chi connectivity index (χ3n) is 3.80. The number of nitrogens with zero attached hydrogens (tertiary/aromatic N) is 3. The SMILES string of the molecule is O=C(NCC1CCN(c2ncccn2)CC1)c1ccc(Br)o1. The van der Waals surface area contributed by atoms with Crippen molar-refractivity contribution < 1.29 is 9.21 Å². The molecule has 1 aliphatic rings. The Morgan fingerprint density at radius 3 is 2.68 bits per heavy atom. The van der Waals surface area contributed by atoms with E-state index in [1.54, 1.807) is 24.5 Å². The lowest BCUT2D eigenvalue weighted by atomic mass is 9.97. The van der Waals surface area contributed by atoms with Crippen molar-refractivity contribution >= 4 is 27.8 Å². The van der Waals surface area contributed by atoms with Gasteiger partial charge in [0.1, 0.15) is 0 Å². The summed E-state index contributed by atoms with van der Waals surface area (Å²) in [4.78, 5) is 22.7. The predicted octanol–water partition coefficient (Wildman–Crippen LogP) is 2.48. The molecule has 0 spiro atoms. The largest absolute Gasteiger partial charge is 0.444 e. The van der Waals surface area contributed by atoms with E-state index in [0.717, 1.165) is 31.9 Å². The van der Waals surface area contributed by atoms with Crippen molar-refractivity contribution in [3.63, 3.8) is 0 Å². The van der Waals surface area contributed by atoms with Crippen LogP contribution in [0.4, 0.5) is 5.95 Å². The number of piperidine rings is 1. The summed E-state index contributed by atoms with van der Waals surface area (Å²) in [6.07, 6.45) is 5.55. The van der Waals surface area contributed by atoms with Gasteiger partial charge in [-0.2, -0.15) is 0 Å². The quantitative estimate of drug-likeness (QED) is 0.902. The fourth-order valence-electron chi connectivity index (χ4n) is 2.55. The van der Waals surface area contributed by atoms with Gasteiger partial charge in [-0.15, -0.1) is 0 Å². The molecule has 1 N–H and O–H groups in total. The average Bonchev–Trinajstić information content (AvgIpc) is 3.00. The second-order valence-electron chi connectivity index (χ2n) is 5.29.